The number of sulfonamides is 1. The van der Waals surface area contributed by atoms with Crippen LogP contribution in [0.25, 0.3) is 10.2 Å². The molecule has 0 spiro atoms. The molecule has 114 valence electrons. The second-order valence-electron chi connectivity index (χ2n) is 5.42. The molecule has 0 radical (unpaired) electrons. The Labute approximate surface area is 136 Å². The van der Waals surface area contributed by atoms with E-state index in [4.69, 9.17) is 0 Å². The van der Waals surface area contributed by atoms with Gasteiger partial charge in [-0.15, -0.1) is 0 Å². The van der Waals surface area contributed by atoms with E-state index >= 15 is 0 Å². The van der Waals surface area contributed by atoms with Crippen molar-refractivity contribution in [3.8, 4) is 0 Å². The lowest BCUT2D eigenvalue weighted by atomic mass is 10.0. The fourth-order valence-corrected chi connectivity index (χ4v) is 4.38. The number of thiazole rings is 1. The van der Waals surface area contributed by atoms with E-state index in [1.54, 1.807) is 18.4 Å². The third kappa shape index (κ3) is 3.23. The summed E-state index contributed by atoms with van der Waals surface area (Å²) < 4.78 is 26.5. The SMILES string of the molecule is CN(CC1CN(c2nc3ccc(Br)cc3s2)C1)S(C)(=O)=O. The fourth-order valence-electron chi connectivity index (χ4n) is 2.36. The Bertz CT molecular complexity index is 769. The second kappa shape index (κ2) is 5.49. The summed E-state index contributed by atoms with van der Waals surface area (Å²) in [7, 11) is -1.45. The van der Waals surface area contributed by atoms with E-state index < -0.39 is 10.0 Å². The topological polar surface area (TPSA) is 53.5 Å². The molecule has 5 nitrogen and oxygen atoms in total. The monoisotopic (exact) mass is 389 g/mol. The van der Waals surface area contributed by atoms with Gasteiger partial charge in [0, 0.05) is 37.1 Å². The van der Waals surface area contributed by atoms with Gasteiger partial charge >= 0.3 is 0 Å². The largest absolute Gasteiger partial charge is 0.347 e. The second-order valence-corrected chi connectivity index (χ2v) is 9.44. The smallest absolute Gasteiger partial charge is 0.210 e. The number of rotatable bonds is 4. The molecule has 0 aliphatic carbocycles. The first-order valence-electron chi connectivity index (χ1n) is 6.55. The number of aromatic nitrogens is 1. The van der Waals surface area contributed by atoms with Gasteiger partial charge in [0.15, 0.2) is 5.13 Å². The molecule has 2 heterocycles. The van der Waals surface area contributed by atoms with Crippen molar-refractivity contribution in [2.75, 3.05) is 37.8 Å². The normalized spacial score (nSPS) is 16.7. The van der Waals surface area contributed by atoms with Crippen molar-refractivity contribution in [1.82, 2.24) is 9.29 Å². The van der Waals surface area contributed by atoms with Gasteiger partial charge in [0.25, 0.3) is 0 Å². The van der Waals surface area contributed by atoms with Crippen LogP contribution >= 0.6 is 27.3 Å². The average molecular weight is 390 g/mol. The molecule has 1 saturated heterocycles. The summed E-state index contributed by atoms with van der Waals surface area (Å²) in [4.78, 5) is 6.84. The number of fused-ring (bicyclic) bond motifs is 1. The van der Waals surface area contributed by atoms with Crippen LogP contribution in [0.5, 0.6) is 0 Å². The summed E-state index contributed by atoms with van der Waals surface area (Å²) in [5, 5.41) is 1.02. The third-order valence-corrected chi connectivity index (χ3v) is 6.50. The van der Waals surface area contributed by atoms with E-state index in [9.17, 15) is 8.42 Å². The van der Waals surface area contributed by atoms with Crippen molar-refractivity contribution in [2.45, 2.75) is 0 Å². The molecule has 1 aromatic heterocycles. The zero-order valence-corrected chi connectivity index (χ0v) is 15.0. The highest BCUT2D eigenvalue weighted by Gasteiger charge is 2.31. The van der Waals surface area contributed by atoms with Crippen LogP contribution in [-0.4, -0.2) is 50.6 Å². The van der Waals surface area contributed by atoms with Crippen LogP contribution < -0.4 is 4.90 Å². The van der Waals surface area contributed by atoms with Crippen LogP contribution in [-0.2, 0) is 10.0 Å². The first-order valence-corrected chi connectivity index (χ1v) is 10.0. The summed E-state index contributed by atoms with van der Waals surface area (Å²) in [5.41, 5.74) is 1.01. The summed E-state index contributed by atoms with van der Waals surface area (Å²) in [6.07, 6.45) is 1.24. The Kier molecular flexibility index (Phi) is 3.98. The van der Waals surface area contributed by atoms with Gasteiger partial charge in [-0.2, -0.15) is 0 Å². The number of hydrogen-bond donors (Lipinski definition) is 0. The molecule has 1 aliphatic rings. The quantitative estimate of drug-likeness (QED) is 0.805. The molecule has 3 rings (SSSR count). The Morgan fingerprint density at radius 1 is 1.48 bits per heavy atom. The molecule has 0 N–H and O–H groups in total. The summed E-state index contributed by atoms with van der Waals surface area (Å²) in [5.74, 6) is 0.378. The zero-order valence-electron chi connectivity index (χ0n) is 11.8. The lowest BCUT2D eigenvalue weighted by Crippen LogP contribution is -2.51. The van der Waals surface area contributed by atoms with Crippen molar-refractivity contribution < 1.29 is 8.42 Å². The van der Waals surface area contributed by atoms with Crippen molar-refractivity contribution >= 4 is 52.6 Å². The maximum atomic E-state index is 11.4. The molecule has 1 aromatic carbocycles. The average Bonchev–Trinajstić information content (AvgIpc) is 2.73. The van der Waals surface area contributed by atoms with Gasteiger partial charge in [0.2, 0.25) is 10.0 Å². The Morgan fingerprint density at radius 2 is 2.19 bits per heavy atom. The van der Waals surface area contributed by atoms with Crippen molar-refractivity contribution in [3.63, 3.8) is 0 Å². The zero-order chi connectivity index (χ0) is 15.2. The Hall–Kier alpha value is -0.700. The number of halogens is 1. The molecule has 1 aliphatic heterocycles. The van der Waals surface area contributed by atoms with E-state index in [2.05, 4.69) is 31.9 Å². The van der Waals surface area contributed by atoms with Crippen LogP contribution in [0.2, 0.25) is 0 Å². The summed E-state index contributed by atoms with van der Waals surface area (Å²) in [6, 6.07) is 6.07. The van der Waals surface area contributed by atoms with E-state index in [0.717, 1.165) is 32.9 Å². The van der Waals surface area contributed by atoms with Gasteiger partial charge in [-0.3, -0.25) is 0 Å². The van der Waals surface area contributed by atoms with Crippen molar-refractivity contribution in [2.24, 2.45) is 5.92 Å². The maximum Gasteiger partial charge on any atom is 0.210 e. The molecule has 0 saturated carbocycles. The number of hydrogen-bond acceptors (Lipinski definition) is 5. The molecule has 2 aromatic rings. The van der Waals surface area contributed by atoms with Gasteiger partial charge in [0.05, 0.1) is 16.5 Å². The molecule has 1 fully saturated rings. The standard InChI is InChI=1S/C13H16BrN3O2S2/c1-16(21(2,18)19)6-9-7-17(8-9)13-15-11-4-3-10(14)5-12(11)20-13/h3-5,9H,6-8H2,1-2H3. The van der Waals surface area contributed by atoms with Crippen LogP contribution in [0.3, 0.4) is 0 Å². The van der Waals surface area contributed by atoms with Gasteiger partial charge in [-0.25, -0.2) is 17.7 Å². The third-order valence-electron chi connectivity index (χ3n) is 3.65. The Balaban J connectivity index is 1.65. The number of anilines is 1. The van der Waals surface area contributed by atoms with E-state index in [1.165, 1.54) is 10.6 Å². The molecular weight excluding hydrogens is 374 g/mol. The van der Waals surface area contributed by atoms with Gasteiger partial charge < -0.3 is 4.90 Å². The van der Waals surface area contributed by atoms with E-state index in [-0.39, 0.29) is 0 Å². The maximum absolute atomic E-state index is 11.4. The van der Waals surface area contributed by atoms with Crippen LogP contribution in [0.1, 0.15) is 0 Å². The first kappa shape index (κ1) is 15.2. The first-order chi connectivity index (χ1) is 9.83. The van der Waals surface area contributed by atoms with Crippen molar-refractivity contribution in [3.05, 3.63) is 22.7 Å². The predicted octanol–water partition coefficient (Wildman–Crippen LogP) is 2.39. The highest BCUT2D eigenvalue weighted by atomic mass is 79.9. The number of nitrogens with zero attached hydrogens (tertiary/aromatic N) is 3. The molecule has 0 amide bonds. The molecule has 0 unspecified atom stereocenters. The fraction of sp³-hybridized carbons (Fsp3) is 0.462. The highest BCUT2D eigenvalue weighted by molar-refractivity contribution is 9.10. The van der Waals surface area contributed by atoms with Crippen LogP contribution in [0.15, 0.2) is 22.7 Å². The predicted molar refractivity (Wildman–Crippen MR) is 90.5 cm³/mol. The van der Waals surface area contributed by atoms with Gasteiger partial charge in [-0.05, 0) is 18.2 Å². The van der Waals surface area contributed by atoms with Crippen LogP contribution in [0.4, 0.5) is 5.13 Å². The highest BCUT2D eigenvalue weighted by Crippen LogP contribution is 2.34. The van der Waals surface area contributed by atoms with Crippen molar-refractivity contribution in [1.29, 1.82) is 0 Å². The minimum absolute atomic E-state index is 0.378. The van der Waals surface area contributed by atoms with E-state index in [1.807, 2.05) is 12.1 Å². The molecule has 0 bridgehead atoms. The molecule has 8 heteroatoms. The van der Waals surface area contributed by atoms with E-state index in [0.29, 0.717) is 12.5 Å². The summed E-state index contributed by atoms with van der Waals surface area (Å²) in [6.45, 7) is 2.30. The lowest BCUT2D eigenvalue weighted by Gasteiger charge is -2.40. The molecular formula is C13H16BrN3O2S2. The molecule has 21 heavy (non-hydrogen) atoms. The lowest BCUT2D eigenvalue weighted by molar-refractivity contribution is 0.328. The number of benzene rings is 1. The van der Waals surface area contributed by atoms with Gasteiger partial charge in [-0.1, -0.05) is 27.3 Å². The minimum Gasteiger partial charge on any atom is -0.347 e. The summed E-state index contributed by atoms with van der Waals surface area (Å²) >= 11 is 5.14. The van der Waals surface area contributed by atoms with Crippen LogP contribution in [0, 0.1) is 5.92 Å². The molecule has 0 atom stereocenters. The Morgan fingerprint density at radius 3 is 2.86 bits per heavy atom. The minimum atomic E-state index is -3.08. The van der Waals surface area contributed by atoms with Gasteiger partial charge in [0.1, 0.15) is 0 Å².